The maximum Gasteiger partial charge on any atom is 0.0467 e. The van der Waals surface area contributed by atoms with Crippen molar-refractivity contribution in [2.45, 2.75) is 18.2 Å². The number of alkyl halides is 1. The van der Waals surface area contributed by atoms with Gasteiger partial charge in [0.15, 0.2) is 0 Å². The quantitative estimate of drug-likeness (QED) is 0.671. The molecule has 0 bridgehead atoms. The molecule has 0 fully saturated rings. The molecule has 0 amide bonds. The lowest BCUT2D eigenvalue weighted by atomic mass is 10.0. The summed E-state index contributed by atoms with van der Waals surface area (Å²) in [5, 5.41) is 1.63. The van der Waals surface area contributed by atoms with E-state index in [-0.39, 0.29) is 0 Å². The van der Waals surface area contributed by atoms with E-state index >= 15 is 0 Å². The van der Waals surface area contributed by atoms with E-state index in [9.17, 15) is 0 Å². The molecule has 0 saturated carbocycles. The predicted molar refractivity (Wildman–Crippen MR) is 85.9 cm³/mol. The molecule has 0 aliphatic carbocycles. The highest BCUT2D eigenvalue weighted by Crippen LogP contribution is 2.35. The molecule has 19 heavy (non-hydrogen) atoms. The van der Waals surface area contributed by atoms with Gasteiger partial charge in [-0.05, 0) is 42.2 Å². The van der Waals surface area contributed by atoms with Gasteiger partial charge < -0.3 is 4.90 Å². The van der Waals surface area contributed by atoms with Crippen LogP contribution >= 0.6 is 27.5 Å². The third-order valence-corrected chi connectivity index (χ3v) is 4.56. The van der Waals surface area contributed by atoms with E-state index in [1.807, 2.05) is 0 Å². The molecule has 2 aromatic carbocycles. The van der Waals surface area contributed by atoms with Crippen LogP contribution in [0, 0.1) is 0 Å². The van der Waals surface area contributed by atoms with Crippen molar-refractivity contribution in [3.63, 3.8) is 0 Å². The van der Waals surface area contributed by atoms with Crippen molar-refractivity contribution in [2.75, 3.05) is 11.4 Å². The van der Waals surface area contributed by atoms with E-state index < -0.39 is 0 Å². The maximum atomic E-state index is 6.32. The molecule has 0 saturated heterocycles. The SMILES string of the molecule is Clc1cc(N2CCCc3ccccc32)ccc1CBr. The van der Waals surface area contributed by atoms with E-state index in [1.54, 1.807) is 0 Å². The number of nitrogens with zero attached hydrogens (tertiary/aromatic N) is 1. The van der Waals surface area contributed by atoms with Crippen molar-refractivity contribution < 1.29 is 0 Å². The van der Waals surface area contributed by atoms with Gasteiger partial charge in [0.05, 0.1) is 0 Å². The Morgan fingerprint density at radius 1 is 1.16 bits per heavy atom. The molecule has 1 aliphatic heterocycles. The number of hydrogen-bond donors (Lipinski definition) is 0. The molecule has 0 unspecified atom stereocenters. The van der Waals surface area contributed by atoms with Gasteiger partial charge in [0, 0.05) is 28.3 Å². The lowest BCUT2D eigenvalue weighted by Crippen LogP contribution is -2.24. The fourth-order valence-electron chi connectivity index (χ4n) is 2.61. The van der Waals surface area contributed by atoms with Crippen LogP contribution in [0.5, 0.6) is 0 Å². The van der Waals surface area contributed by atoms with Gasteiger partial charge in [-0.15, -0.1) is 0 Å². The van der Waals surface area contributed by atoms with Crippen LogP contribution in [0.1, 0.15) is 17.5 Å². The van der Waals surface area contributed by atoms with Crippen molar-refractivity contribution in [2.24, 2.45) is 0 Å². The number of anilines is 2. The first-order valence-electron chi connectivity index (χ1n) is 6.49. The summed E-state index contributed by atoms with van der Waals surface area (Å²) in [6.45, 7) is 1.06. The highest BCUT2D eigenvalue weighted by Gasteiger charge is 2.18. The van der Waals surface area contributed by atoms with Crippen LogP contribution in [0.4, 0.5) is 11.4 Å². The Labute approximate surface area is 127 Å². The van der Waals surface area contributed by atoms with Crippen LogP contribution in [0.3, 0.4) is 0 Å². The Kier molecular flexibility index (Phi) is 3.81. The zero-order valence-corrected chi connectivity index (χ0v) is 12.9. The third kappa shape index (κ3) is 2.52. The van der Waals surface area contributed by atoms with Crippen molar-refractivity contribution in [3.8, 4) is 0 Å². The summed E-state index contributed by atoms with van der Waals surface area (Å²) >= 11 is 9.78. The summed E-state index contributed by atoms with van der Waals surface area (Å²) in [4.78, 5) is 2.36. The van der Waals surface area contributed by atoms with Crippen LogP contribution in [-0.2, 0) is 11.8 Å². The van der Waals surface area contributed by atoms with Crippen LogP contribution in [0.25, 0.3) is 0 Å². The second-order valence-corrected chi connectivity index (χ2v) is 5.76. The molecule has 3 rings (SSSR count). The number of hydrogen-bond acceptors (Lipinski definition) is 1. The first kappa shape index (κ1) is 13.0. The molecular formula is C16H15BrClN. The summed E-state index contributed by atoms with van der Waals surface area (Å²) in [6, 6.07) is 15.0. The predicted octanol–water partition coefficient (Wildman–Crippen LogP) is 5.32. The lowest BCUT2D eigenvalue weighted by Gasteiger charge is -2.31. The molecule has 0 radical (unpaired) electrons. The van der Waals surface area contributed by atoms with E-state index in [0.29, 0.717) is 0 Å². The minimum atomic E-state index is 0.794. The fraction of sp³-hybridized carbons (Fsp3) is 0.250. The fourth-order valence-corrected chi connectivity index (χ4v) is 3.51. The average molecular weight is 337 g/mol. The van der Waals surface area contributed by atoms with Gasteiger partial charge in [-0.1, -0.05) is 51.8 Å². The Balaban J connectivity index is 2.02. The highest BCUT2D eigenvalue weighted by molar-refractivity contribution is 9.08. The minimum Gasteiger partial charge on any atom is -0.341 e. The second kappa shape index (κ2) is 5.56. The Morgan fingerprint density at radius 2 is 2.00 bits per heavy atom. The van der Waals surface area contributed by atoms with Crippen molar-refractivity contribution >= 4 is 38.9 Å². The van der Waals surface area contributed by atoms with Crippen molar-refractivity contribution in [1.29, 1.82) is 0 Å². The van der Waals surface area contributed by atoms with Gasteiger partial charge in [-0.2, -0.15) is 0 Å². The Bertz CT molecular complexity index is 597. The zero-order valence-electron chi connectivity index (χ0n) is 10.6. The summed E-state index contributed by atoms with van der Waals surface area (Å²) in [6.07, 6.45) is 2.36. The molecule has 0 N–H and O–H groups in total. The van der Waals surface area contributed by atoms with Crippen LogP contribution in [0.2, 0.25) is 5.02 Å². The van der Waals surface area contributed by atoms with Crippen LogP contribution < -0.4 is 4.90 Å². The molecule has 0 aromatic heterocycles. The topological polar surface area (TPSA) is 3.24 Å². The number of para-hydroxylation sites is 1. The number of rotatable bonds is 2. The standard InChI is InChI=1S/C16H15BrClN/c17-11-13-7-8-14(10-15(13)18)19-9-3-5-12-4-1-2-6-16(12)19/h1-2,4,6-8,10H,3,5,9,11H2. The van der Waals surface area contributed by atoms with E-state index in [0.717, 1.165) is 22.5 Å². The molecule has 1 nitrogen and oxygen atoms in total. The van der Waals surface area contributed by atoms with Crippen LogP contribution in [0.15, 0.2) is 42.5 Å². The number of benzene rings is 2. The van der Waals surface area contributed by atoms with Crippen molar-refractivity contribution in [1.82, 2.24) is 0 Å². The molecule has 1 aliphatic rings. The molecular weight excluding hydrogens is 322 g/mol. The zero-order chi connectivity index (χ0) is 13.2. The number of fused-ring (bicyclic) bond motifs is 1. The minimum absolute atomic E-state index is 0.794. The van der Waals surface area contributed by atoms with E-state index in [2.05, 4.69) is 63.3 Å². The lowest BCUT2D eigenvalue weighted by molar-refractivity contribution is 0.767. The smallest absolute Gasteiger partial charge is 0.0467 e. The van der Waals surface area contributed by atoms with Gasteiger partial charge in [-0.3, -0.25) is 0 Å². The summed E-state index contributed by atoms with van der Waals surface area (Å²) in [7, 11) is 0. The number of aryl methyl sites for hydroxylation is 1. The Morgan fingerprint density at radius 3 is 2.79 bits per heavy atom. The largest absolute Gasteiger partial charge is 0.341 e. The van der Waals surface area contributed by atoms with Crippen LogP contribution in [-0.4, -0.2) is 6.54 Å². The van der Waals surface area contributed by atoms with Gasteiger partial charge >= 0.3 is 0 Å². The van der Waals surface area contributed by atoms with Gasteiger partial charge in [0.25, 0.3) is 0 Å². The maximum absolute atomic E-state index is 6.32. The Hall–Kier alpha value is -0.990. The van der Waals surface area contributed by atoms with Gasteiger partial charge in [0.2, 0.25) is 0 Å². The molecule has 0 atom stereocenters. The highest BCUT2D eigenvalue weighted by atomic mass is 79.9. The van der Waals surface area contributed by atoms with E-state index in [1.165, 1.54) is 29.8 Å². The summed E-state index contributed by atoms with van der Waals surface area (Å²) < 4.78 is 0. The molecule has 2 aromatic rings. The summed E-state index contributed by atoms with van der Waals surface area (Å²) in [5.74, 6) is 0. The number of halogens is 2. The first-order valence-corrected chi connectivity index (χ1v) is 7.99. The molecule has 1 heterocycles. The normalized spacial score (nSPS) is 14.3. The average Bonchev–Trinajstić information content (AvgIpc) is 2.46. The van der Waals surface area contributed by atoms with Crippen molar-refractivity contribution in [3.05, 3.63) is 58.6 Å². The van der Waals surface area contributed by atoms with Gasteiger partial charge in [0.1, 0.15) is 0 Å². The molecule has 0 spiro atoms. The molecule has 3 heteroatoms. The molecule has 98 valence electrons. The third-order valence-electron chi connectivity index (χ3n) is 3.60. The monoisotopic (exact) mass is 335 g/mol. The van der Waals surface area contributed by atoms with E-state index in [4.69, 9.17) is 11.6 Å². The second-order valence-electron chi connectivity index (χ2n) is 4.79. The first-order chi connectivity index (χ1) is 9.29. The summed E-state index contributed by atoms with van der Waals surface area (Å²) in [5.41, 5.74) is 5.06. The van der Waals surface area contributed by atoms with Gasteiger partial charge in [-0.25, -0.2) is 0 Å².